The van der Waals surface area contributed by atoms with Crippen LogP contribution in [0, 0.1) is 0 Å². The lowest BCUT2D eigenvalue weighted by Gasteiger charge is -1.94. The Kier molecular flexibility index (Phi) is 2.08. The summed E-state index contributed by atoms with van der Waals surface area (Å²) in [4.78, 5) is 11.8. The third-order valence-electron chi connectivity index (χ3n) is 2.86. The molecular weight excluding hydrogens is 212 g/mol. The van der Waals surface area contributed by atoms with Gasteiger partial charge in [-0.1, -0.05) is 42.5 Å². The van der Waals surface area contributed by atoms with E-state index in [9.17, 15) is 9.90 Å². The molecule has 3 aromatic rings. The van der Waals surface area contributed by atoms with Crippen LogP contribution in [0.15, 0.2) is 59.4 Å². The highest BCUT2D eigenvalue weighted by Crippen LogP contribution is 2.34. The van der Waals surface area contributed by atoms with Gasteiger partial charge >= 0.3 is 0 Å². The van der Waals surface area contributed by atoms with Gasteiger partial charge in [0, 0.05) is 11.1 Å². The average molecular weight is 222 g/mol. The average Bonchev–Trinajstić information content (AvgIpc) is 3.03. The number of phenols is 1. The van der Waals surface area contributed by atoms with Crippen LogP contribution in [0.5, 0.6) is 5.75 Å². The molecule has 0 aliphatic heterocycles. The number of benzene rings is 2. The van der Waals surface area contributed by atoms with Gasteiger partial charge in [-0.3, -0.25) is 4.79 Å². The second kappa shape index (κ2) is 3.59. The van der Waals surface area contributed by atoms with E-state index in [4.69, 9.17) is 0 Å². The summed E-state index contributed by atoms with van der Waals surface area (Å²) in [5, 5.41) is 9.21. The summed E-state index contributed by atoms with van der Waals surface area (Å²) in [6.45, 7) is 0. The van der Waals surface area contributed by atoms with Gasteiger partial charge in [0.1, 0.15) is 5.75 Å². The van der Waals surface area contributed by atoms with Gasteiger partial charge in [0.2, 0.25) is 0 Å². The zero-order valence-electron chi connectivity index (χ0n) is 9.05. The van der Waals surface area contributed by atoms with Crippen LogP contribution in [-0.4, -0.2) is 5.11 Å². The molecule has 0 heterocycles. The van der Waals surface area contributed by atoms with E-state index < -0.39 is 0 Å². The zero-order chi connectivity index (χ0) is 11.8. The van der Waals surface area contributed by atoms with E-state index in [-0.39, 0.29) is 11.2 Å². The van der Waals surface area contributed by atoms with E-state index in [0.717, 1.165) is 22.3 Å². The summed E-state index contributed by atoms with van der Waals surface area (Å²) in [7, 11) is 0. The number of rotatable bonds is 2. The van der Waals surface area contributed by atoms with Crippen LogP contribution in [0.4, 0.5) is 0 Å². The molecule has 0 radical (unpaired) electrons. The molecule has 82 valence electrons. The molecule has 0 fully saturated rings. The van der Waals surface area contributed by atoms with Crippen molar-refractivity contribution in [1.82, 2.24) is 0 Å². The second-order valence-corrected chi connectivity index (χ2v) is 3.99. The van der Waals surface area contributed by atoms with E-state index >= 15 is 0 Å². The lowest BCUT2D eigenvalue weighted by molar-refractivity contribution is 0.475. The van der Waals surface area contributed by atoms with Gasteiger partial charge in [0.05, 0.1) is 0 Å². The maximum Gasteiger partial charge on any atom is 0.195 e. The van der Waals surface area contributed by atoms with Crippen LogP contribution >= 0.6 is 0 Å². The summed E-state index contributed by atoms with van der Waals surface area (Å²) in [6.07, 6.45) is 0. The SMILES string of the molecule is O=c1c(-c2ccccc2)c1-c1ccc(O)cc1. The Morgan fingerprint density at radius 1 is 0.706 bits per heavy atom. The molecule has 0 saturated heterocycles. The van der Waals surface area contributed by atoms with Crippen LogP contribution in [-0.2, 0) is 0 Å². The van der Waals surface area contributed by atoms with Crippen LogP contribution in [0.1, 0.15) is 0 Å². The Morgan fingerprint density at radius 3 is 1.82 bits per heavy atom. The van der Waals surface area contributed by atoms with Gasteiger partial charge in [-0.2, -0.15) is 0 Å². The first-order valence-corrected chi connectivity index (χ1v) is 5.41. The van der Waals surface area contributed by atoms with Crippen molar-refractivity contribution in [2.24, 2.45) is 0 Å². The highest BCUT2D eigenvalue weighted by atomic mass is 16.3. The predicted octanol–water partition coefficient (Wildman–Crippen LogP) is 2.96. The van der Waals surface area contributed by atoms with E-state index in [1.165, 1.54) is 0 Å². The molecule has 2 heteroatoms. The molecule has 0 aromatic heterocycles. The number of aromatic hydroxyl groups is 1. The monoisotopic (exact) mass is 222 g/mol. The van der Waals surface area contributed by atoms with Gasteiger partial charge in [-0.25, -0.2) is 0 Å². The van der Waals surface area contributed by atoms with E-state index in [1.54, 1.807) is 24.3 Å². The van der Waals surface area contributed by atoms with Crippen molar-refractivity contribution in [3.05, 3.63) is 64.8 Å². The standard InChI is InChI=1S/C15H10O2/c16-12-8-6-11(7-9-12)14-13(15(14)17)10-4-2-1-3-5-10/h1-9,16H. The fraction of sp³-hybridized carbons (Fsp3) is 0. The predicted molar refractivity (Wildman–Crippen MR) is 67.6 cm³/mol. The Morgan fingerprint density at radius 2 is 1.24 bits per heavy atom. The minimum atomic E-state index is 0.0990. The highest BCUT2D eigenvalue weighted by molar-refractivity contribution is 5.94. The Balaban J connectivity index is 2.03. The van der Waals surface area contributed by atoms with Gasteiger partial charge in [-0.15, -0.1) is 0 Å². The zero-order valence-corrected chi connectivity index (χ0v) is 9.05. The first-order chi connectivity index (χ1) is 8.27. The summed E-state index contributed by atoms with van der Waals surface area (Å²) < 4.78 is 0. The van der Waals surface area contributed by atoms with Crippen molar-refractivity contribution in [2.75, 3.05) is 0 Å². The summed E-state index contributed by atoms with van der Waals surface area (Å²) in [5.74, 6) is 0.212. The molecule has 0 spiro atoms. The van der Waals surface area contributed by atoms with Crippen molar-refractivity contribution in [3.63, 3.8) is 0 Å². The maximum absolute atomic E-state index is 11.8. The minimum Gasteiger partial charge on any atom is -0.508 e. The van der Waals surface area contributed by atoms with Crippen LogP contribution in [0.25, 0.3) is 22.3 Å². The van der Waals surface area contributed by atoms with Gasteiger partial charge in [0.25, 0.3) is 0 Å². The lowest BCUT2D eigenvalue weighted by Crippen LogP contribution is -1.77. The van der Waals surface area contributed by atoms with Gasteiger partial charge < -0.3 is 5.11 Å². The molecule has 17 heavy (non-hydrogen) atoms. The number of hydrogen-bond donors (Lipinski definition) is 1. The summed E-state index contributed by atoms with van der Waals surface area (Å²) in [5.41, 5.74) is 3.47. The fourth-order valence-corrected chi connectivity index (χ4v) is 1.95. The third kappa shape index (κ3) is 1.64. The molecule has 0 amide bonds. The van der Waals surface area contributed by atoms with Crippen molar-refractivity contribution >= 4 is 0 Å². The van der Waals surface area contributed by atoms with Crippen molar-refractivity contribution in [2.45, 2.75) is 0 Å². The largest absolute Gasteiger partial charge is 0.508 e. The van der Waals surface area contributed by atoms with Crippen molar-refractivity contribution in [1.29, 1.82) is 0 Å². The summed E-state index contributed by atoms with van der Waals surface area (Å²) >= 11 is 0. The van der Waals surface area contributed by atoms with Crippen LogP contribution < -0.4 is 5.43 Å². The lowest BCUT2D eigenvalue weighted by atomic mass is 10.1. The van der Waals surface area contributed by atoms with E-state index in [2.05, 4.69) is 0 Å². The van der Waals surface area contributed by atoms with E-state index in [0.29, 0.717) is 0 Å². The third-order valence-corrected chi connectivity index (χ3v) is 2.86. The summed E-state index contributed by atoms with van der Waals surface area (Å²) in [6, 6.07) is 16.3. The molecule has 2 nitrogen and oxygen atoms in total. The Bertz CT molecular complexity index is 657. The molecule has 0 atom stereocenters. The van der Waals surface area contributed by atoms with E-state index in [1.807, 2.05) is 30.3 Å². The molecule has 3 aromatic carbocycles. The molecule has 0 unspecified atom stereocenters. The van der Waals surface area contributed by atoms with Crippen LogP contribution in [0.3, 0.4) is 0 Å². The molecule has 1 N–H and O–H groups in total. The Labute approximate surface area is 98.5 Å². The fourth-order valence-electron chi connectivity index (χ4n) is 1.95. The second-order valence-electron chi connectivity index (χ2n) is 3.99. The molecule has 0 saturated carbocycles. The Hall–Kier alpha value is -2.35. The van der Waals surface area contributed by atoms with Crippen LogP contribution in [0.2, 0.25) is 0 Å². The van der Waals surface area contributed by atoms with Crippen molar-refractivity contribution < 1.29 is 5.11 Å². The smallest absolute Gasteiger partial charge is 0.195 e. The molecule has 0 aliphatic rings. The molecular formula is C15H10O2. The molecule has 0 bridgehead atoms. The van der Waals surface area contributed by atoms with Crippen molar-refractivity contribution in [3.8, 4) is 28.0 Å². The topological polar surface area (TPSA) is 37.3 Å². The first kappa shape index (κ1) is 9.85. The van der Waals surface area contributed by atoms with Gasteiger partial charge in [-0.05, 0) is 23.3 Å². The molecule has 3 rings (SSSR count). The molecule has 0 aliphatic carbocycles. The number of hydrogen-bond acceptors (Lipinski definition) is 2. The highest BCUT2D eigenvalue weighted by Gasteiger charge is 2.24. The first-order valence-electron chi connectivity index (χ1n) is 5.41. The maximum atomic E-state index is 11.8. The quantitative estimate of drug-likeness (QED) is 0.723. The van der Waals surface area contributed by atoms with Gasteiger partial charge in [0.15, 0.2) is 5.43 Å². The normalized spacial score (nSPS) is 10.8. The number of phenolic OH excluding ortho intramolecular Hbond substituents is 1. The minimum absolute atomic E-state index is 0.0990.